The van der Waals surface area contributed by atoms with E-state index in [1.807, 2.05) is 47.6 Å². The van der Waals surface area contributed by atoms with Crippen molar-refractivity contribution in [2.45, 2.75) is 334 Å². The van der Waals surface area contributed by atoms with Gasteiger partial charge in [-0.15, -0.1) is 0 Å². The molecule has 15 N–H and O–H groups in total. The number of carboxylic acids is 1. The van der Waals surface area contributed by atoms with Crippen molar-refractivity contribution in [3.8, 4) is 18.2 Å². The number of primary amides is 1. The fourth-order valence-corrected chi connectivity index (χ4v) is 15.3. The lowest BCUT2D eigenvalue weighted by Crippen LogP contribution is -2.36. The third-order valence-corrected chi connectivity index (χ3v) is 21.1. The molecule has 10 aliphatic rings. The zero-order valence-electron chi connectivity index (χ0n) is 73.1. The number of carbonyl (C=O) groups excluding carboxylic acids is 3. The monoisotopic (exact) mass is 1940 g/mol. The number of halogens is 1. The number of amides is 2. The Kier molecular flexibility index (Phi) is 43.2. The van der Waals surface area contributed by atoms with E-state index in [9.17, 15) is 39.3 Å². The molecule has 0 radical (unpaired) electrons. The maximum atomic E-state index is 12.4. The van der Waals surface area contributed by atoms with Crippen molar-refractivity contribution in [3.05, 3.63) is 110 Å². The molecule has 10 saturated heterocycles. The van der Waals surface area contributed by atoms with Gasteiger partial charge in [-0.05, 0) is 132 Å². The first-order valence-corrected chi connectivity index (χ1v) is 41.4. The topological polar surface area (TPSA) is 644 Å². The highest BCUT2D eigenvalue weighted by Crippen LogP contribution is 2.49. The summed E-state index contributed by atoms with van der Waals surface area (Å²) < 4.78 is 93.0. The summed E-state index contributed by atoms with van der Waals surface area (Å²) in [7, 11) is 0. The number of fused-ring (bicyclic) bond motifs is 7. The molecule has 17 rings (SSSR count). The normalized spacial score (nSPS) is 27.9. The molecule has 0 spiro atoms. The Labute approximate surface area is 794 Å². The quantitative estimate of drug-likeness (QED) is 0.0294. The third kappa shape index (κ3) is 27.6. The lowest BCUT2D eigenvalue weighted by atomic mass is 10.1. The number of H-pyrrole nitrogens is 2. The van der Waals surface area contributed by atoms with Crippen LogP contribution >= 0.6 is 23.8 Å². The van der Waals surface area contributed by atoms with Gasteiger partial charge >= 0.3 is 0 Å². The van der Waals surface area contributed by atoms with Gasteiger partial charge in [-0.3, -0.25) is 39.1 Å². The highest BCUT2D eigenvalue weighted by molar-refractivity contribution is 7.80. The van der Waals surface area contributed by atoms with Gasteiger partial charge in [-0.1, -0.05) is 104 Å². The third-order valence-electron chi connectivity index (χ3n) is 20.5. The number of allylic oxidation sites excluding steroid dienone is 2. The second-order valence-corrected chi connectivity index (χ2v) is 33.4. The number of aliphatic hydroxyl groups excluding tert-OH is 4. The number of hydrogen-bond acceptors (Lipinski definition) is 37. The first kappa shape index (κ1) is 119. The molecule has 7 aromatic rings. The molecular weight excluding hydrogens is 1810 g/mol. The molecule has 752 valence electrons. The van der Waals surface area contributed by atoms with Crippen LogP contribution in [0.2, 0.25) is 0 Å². The second kappa shape index (κ2) is 49.1. The lowest BCUT2D eigenvalue weighted by molar-refractivity contribution is -0.223. The molecule has 16 heterocycles. The Bertz CT molecular complexity index is 5250. The molecule has 6 aromatic heterocycles. The van der Waals surface area contributed by atoms with Crippen LogP contribution in [0, 0.1) is 46.8 Å². The average Bonchev–Trinajstić information content (AvgIpc) is 1.68. The van der Waals surface area contributed by atoms with Crippen LogP contribution in [0.4, 0.5) is 17.6 Å². The molecule has 0 saturated carbocycles. The Morgan fingerprint density at radius 3 is 1.28 bits per heavy atom. The number of nitriles is 3. The van der Waals surface area contributed by atoms with Crippen molar-refractivity contribution in [3.63, 3.8) is 0 Å². The van der Waals surface area contributed by atoms with E-state index in [1.165, 1.54) is 40.2 Å². The number of anilines is 3. The van der Waals surface area contributed by atoms with Crippen LogP contribution in [0.25, 0.3) is 22.1 Å². The zero-order valence-corrected chi connectivity index (χ0v) is 74.6. The van der Waals surface area contributed by atoms with Gasteiger partial charge in [-0.25, -0.2) is 23.7 Å². The van der Waals surface area contributed by atoms with Gasteiger partial charge in [0.2, 0.25) is 11.2 Å². The minimum absolute atomic E-state index is 0. The van der Waals surface area contributed by atoms with Gasteiger partial charge in [-0.2, -0.15) is 41.2 Å². The number of carboxylic acid groups (broad SMARTS) is 1. The number of nitrogens with zero attached hydrogens (tertiary/aromatic N) is 13. The number of rotatable bonds is 13. The Balaban J connectivity index is 0.000000417. The number of nitrogens with two attached hydrogens (primary N) is 3. The van der Waals surface area contributed by atoms with Gasteiger partial charge in [0.05, 0.1) is 56.8 Å². The average molecular weight is 1940 g/mol. The molecule has 0 aliphatic carbocycles. The fraction of sp³-hybridized carbons (Fsp3) is 0.632. The predicted molar refractivity (Wildman–Crippen MR) is 496 cm³/mol. The van der Waals surface area contributed by atoms with E-state index in [1.54, 1.807) is 121 Å². The van der Waals surface area contributed by atoms with E-state index in [0.29, 0.717) is 33.5 Å². The predicted octanol–water partition coefficient (Wildman–Crippen LogP) is 8.20. The standard InChI is InChI=1S/C20H23N5O6S.C15H20N4O4.C14H19N5O4.C12H16N4O4.C8H14O5.C5H4N2.C4H7ClO.C2H4O2.7CH4/c1-20(2)30-13-12(9-26)29-18(14(13)31-20)25-16(11(8-22-25)15(21)27)23-19(32)24-17(28)10-6-4-3-5-7-10;1-5-9-10-11(23-15(3,4)22-10)14(21-9)19-12-8(6-16-19)13(20)18-7(2)17-12;1-4-7-8-9(23-14(2,3)22-8)12(21-7)19-10-6(5-16-19)11(20)18-13(15)17-10;1-12(2)19-8-7(5-17)18-11(9(8)20-12)16-10(14)6(3-13)4-15-16;1-8(2)12-5-4(3-9)11-7(10)6(5)13-8;1-2-5(3-6)4-7;1-3(2)4(5)6;1-2(3)4;;;;;;;/h3-8,12-14,18,26H,9H2,1-2H3,(H2,21,27)(H2,23,24,28,32);6,9-11,14H,5H2,1-4H3,(H,17,18,20);5,7-9,12H,4H2,1-3H3,(H3,15,17,18,20);4,7-9,11,17H,5,14H2,1-2H3;4-7,9-10H,3H2,1-2H3;2H,1H3;3H,1-2H3;1H3,(H,3,4);7*1H4/t12-,13?,14+,18-;9-,10?,11+,14-;7-,8?,9+,12-;7-,8?,9+,11-;4-,5?,6+,7?;;;;;;;;;;/m11111........../s1. The molecule has 6 unspecified atom stereocenters. The molecule has 1 aromatic carbocycles. The molecule has 10 aliphatic heterocycles. The van der Waals surface area contributed by atoms with Crippen LogP contribution in [0.15, 0.2) is 76.4 Å². The number of ether oxygens (including phenoxy) is 15. The smallest absolute Gasteiger partial charge is 0.300 e. The molecule has 20 atom stereocenters. The number of aryl methyl sites for hydroxylation is 1. The van der Waals surface area contributed by atoms with E-state index < -0.39 is 127 Å². The summed E-state index contributed by atoms with van der Waals surface area (Å²) in [5.41, 5.74) is 18.2. The van der Waals surface area contributed by atoms with Gasteiger partial charge in [0, 0.05) is 18.4 Å². The van der Waals surface area contributed by atoms with Crippen molar-refractivity contribution < 1.29 is 116 Å². The van der Waals surface area contributed by atoms with Crippen LogP contribution in [0.1, 0.15) is 233 Å². The van der Waals surface area contributed by atoms with Crippen molar-refractivity contribution in [1.29, 1.82) is 15.8 Å². The first-order chi connectivity index (χ1) is 60.2. The van der Waals surface area contributed by atoms with Crippen molar-refractivity contribution in [2.75, 3.05) is 36.6 Å². The second-order valence-electron chi connectivity index (χ2n) is 32.7. The highest BCUT2D eigenvalue weighted by Gasteiger charge is 2.61. The van der Waals surface area contributed by atoms with E-state index in [2.05, 4.69) is 51.0 Å². The molecule has 48 heteroatoms. The maximum absolute atomic E-state index is 12.4. The molecule has 0 bridgehead atoms. The lowest BCUT2D eigenvalue weighted by Gasteiger charge is -2.24. The minimum Gasteiger partial charge on any atom is -0.481 e. The number of aliphatic hydroxyl groups is 4. The van der Waals surface area contributed by atoms with Gasteiger partial charge in [0.25, 0.3) is 28.9 Å². The molecule has 135 heavy (non-hydrogen) atoms. The number of nitrogens with one attached hydrogen (secondary N) is 4. The maximum Gasteiger partial charge on any atom is 0.300 e. The Morgan fingerprint density at radius 1 is 0.563 bits per heavy atom. The number of benzene rings is 1. The number of hydrogen-bond donors (Lipinski definition) is 12. The van der Waals surface area contributed by atoms with Crippen molar-refractivity contribution in [2.24, 2.45) is 11.7 Å². The van der Waals surface area contributed by atoms with Crippen molar-refractivity contribution >= 4 is 91.6 Å². The van der Waals surface area contributed by atoms with Crippen molar-refractivity contribution in [1.82, 2.24) is 64.4 Å². The van der Waals surface area contributed by atoms with E-state index in [0.717, 1.165) is 19.8 Å². The minimum atomic E-state index is -0.996. The number of aromatic nitrogens is 12. The van der Waals surface area contributed by atoms with E-state index in [-0.39, 0.29) is 176 Å². The number of aromatic amines is 2. The number of nitrogen functional groups attached to an aromatic ring is 2. The molecule has 2 amide bonds. The number of thiocarbonyl (C=S) groups is 1. The van der Waals surface area contributed by atoms with E-state index >= 15 is 0 Å². The highest BCUT2D eigenvalue weighted by atomic mass is 35.5. The summed E-state index contributed by atoms with van der Waals surface area (Å²) in [6.45, 7) is 29.6. The van der Waals surface area contributed by atoms with Crippen LogP contribution in [0.5, 0.6) is 0 Å². The fourth-order valence-electron chi connectivity index (χ4n) is 15.1. The van der Waals surface area contributed by atoms with Gasteiger partial charge in [0.15, 0.2) is 76.5 Å². The summed E-state index contributed by atoms with van der Waals surface area (Å²) in [4.78, 5) is 81.0. The summed E-state index contributed by atoms with van der Waals surface area (Å²) in [6.07, 6.45) is -0.370. The van der Waals surface area contributed by atoms with Gasteiger partial charge in [0.1, 0.15) is 142 Å². The molecule has 46 nitrogen and oxygen atoms in total. The Hall–Kier alpha value is -10.3. The van der Waals surface area contributed by atoms with Gasteiger partial charge < -0.3 is 124 Å². The van der Waals surface area contributed by atoms with Crippen LogP contribution < -0.4 is 39.0 Å². The summed E-state index contributed by atoms with van der Waals surface area (Å²) in [5, 5.41) is 92.5. The summed E-state index contributed by atoms with van der Waals surface area (Å²) in [5.74, 6) is -4.83. The SMILES string of the molecule is C.C.C.C.C.C.C.CC(=O)O.CC(C)C(=O)Cl.CC1(C)OC2[C@@H](CO)O[C@@H](n3ncc(C#N)c3N)[C@H]2O1.CC1(C)OC2[C@@H](CO)O[C@@H](n3ncc(C(N)=O)c3NC(=S)NC(=O)c3ccccc3)[C@H]2O1.CC1(C)OC2[C@H](O1)C(O)O[C@@H]2CO.CC=C(C#N)C#N.CC[C@H]1O[C@@H](n2ncc3c(=O)[nH]c(C)nc32)[C@H]2OC(C)(C)OC12.CC[C@H]1O[C@@H](n2ncc3c(=O)[nH]c(N)nc32)[C@H]2OC(C)(C)OC12. The van der Waals surface area contributed by atoms with Crippen LogP contribution in [0.3, 0.4) is 0 Å². The molecule has 10 fully saturated rings. The molecular formula is C87H135ClN20O26S. The zero-order chi connectivity index (χ0) is 94.3. The first-order valence-electron chi connectivity index (χ1n) is 40.6. The summed E-state index contributed by atoms with van der Waals surface area (Å²) >= 11 is 10.2. The Morgan fingerprint density at radius 2 is 0.911 bits per heavy atom. The number of carbonyl (C=O) groups is 4. The summed E-state index contributed by atoms with van der Waals surface area (Å²) in [6, 6.07) is 13.9. The number of aliphatic carboxylic acids is 1. The van der Waals surface area contributed by atoms with Crippen LogP contribution in [-0.4, -0.2) is 259 Å². The largest absolute Gasteiger partial charge is 0.481 e. The van der Waals surface area contributed by atoms with Crippen LogP contribution in [-0.2, 0) is 80.6 Å². The van der Waals surface area contributed by atoms with E-state index in [4.69, 9.17) is 143 Å².